The van der Waals surface area contributed by atoms with E-state index in [-0.39, 0.29) is 11.9 Å². The highest BCUT2D eigenvalue weighted by molar-refractivity contribution is 5.93. The SMILES string of the molecule is CC[11C](=O)N(c1ccccc1)C1CCN(CC(O)c2ccccc2)CC1C. The summed E-state index contributed by atoms with van der Waals surface area (Å²) in [5.74, 6) is 0.522. The molecule has 0 bridgehead atoms. The number of carbonyl (C=O) groups excluding carboxylic acids is 1. The number of nitrogens with zero attached hydrogens (tertiary/aromatic N) is 2. The molecule has 0 aromatic heterocycles. The first-order valence-corrected chi connectivity index (χ1v) is 9.92. The third kappa shape index (κ3) is 4.76. The monoisotopic (exact) mass is 365 g/mol. The molecule has 1 saturated heterocycles. The summed E-state index contributed by atoms with van der Waals surface area (Å²) in [5, 5.41) is 10.5. The van der Waals surface area contributed by atoms with Crippen molar-refractivity contribution >= 4 is 11.6 Å². The second kappa shape index (κ2) is 9.16. The van der Waals surface area contributed by atoms with Crippen LogP contribution in [0.25, 0.3) is 0 Å². The van der Waals surface area contributed by atoms with Crippen LogP contribution >= 0.6 is 0 Å². The Labute approximate surface area is 162 Å². The Morgan fingerprint density at radius 3 is 2.37 bits per heavy atom. The summed E-state index contributed by atoms with van der Waals surface area (Å²) < 4.78 is 0. The van der Waals surface area contributed by atoms with Gasteiger partial charge in [-0.3, -0.25) is 9.69 Å². The number of likely N-dealkylation sites (tertiary alicyclic amines) is 1. The Morgan fingerprint density at radius 1 is 1.15 bits per heavy atom. The number of hydrogen-bond donors (Lipinski definition) is 1. The van der Waals surface area contributed by atoms with Crippen molar-refractivity contribution in [2.45, 2.75) is 38.8 Å². The van der Waals surface area contributed by atoms with Crippen LogP contribution in [0.1, 0.15) is 38.4 Å². The quantitative estimate of drug-likeness (QED) is 0.845. The van der Waals surface area contributed by atoms with Gasteiger partial charge in [0.05, 0.1) is 6.10 Å². The number of benzene rings is 2. The fourth-order valence-corrected chi connectivity index (χ4v) is 4.07. The van der Waals surface area contributed by atoms with Gasteiger partial charge in [0.1, 0.15) is 0 Å². The van der Waals surface area contributed by atoms with Gasteiger partial charge in [-0.15, -0.1) is 0 Å². The summed E-state index contributed by atoms with van der Waals surface area (Å²) in [4.78, 5) is 17.0. The normalized spacial score (nSPS) is 21.6. The standard InChI is InChI=1S/C23H30N2O2/c1-3-23(27)25(20-12-8-5-9-13-20)21-14-15-24(16-18(21)2)17-22(26)19-10-6-4-7-11-19/h4-13,18,21-22,26H,3,14-17H2,1-2H3/i23-1. The van der Waals surface area contributed by atoms with Crippen molar-refractivity contribution < 1.29 is 9.90 Å². The molecule has 1 aliphatic rings. The summed E-state index contributed by atoms with van der Waals surface area (Å²) in [5.41, 5.74) is 1.94. The van der Waals surface area contributed by atoms with Crippen LogP contribution in [0.2, 0.25) is 0 Å². The number of carbonyl (C=O) groups is 1. The zero-order valence-electron chi connectivity index (χ0n) is 16.3. The zero-order chi connectivity index (χ0) is 19.2. The van der Waals surface area contributed by atoms with E-state index in [1.54, 1.807) is 0 Å². The number of para-hydroxylation sites is 1. The maximum Gasteiger partial charge on any atom is 0.226 e. The molecule has 144 valence electrons. The van der Waals surface area contributed by atoms with Gasteiger partial charge in [0.25, 0.3) is 0 Å². The summed E-state index contributed by atoms with van der Waals surface area (Å²) in [6.45, 7) is 6.54. The van der Waals surface area contributed by atoms with Gasteiger partial charge in [0, 0.05) is 37.8 Å². The Bertz CT molecular complexity index is 720. The number of aliphatic hydroxyl groups is 1. The third-order valence-corrected chi connectivity index (χ3v) is 5.50. The molecule has 0 radical (unpaired) electrons. The van der Waals surface area contributed by atoms with Gasteiger partial charge >= 0.3 is 0 Å². The lowest BCUT2D eigenvalue weighted by Crippen LogP contribution is -2.52. The van der Waals surface area contributed by atoms with E-state index in [1.165, 1.54) is 0 Å². The average Bonchev–Trinajstić information content (AvgIpc) is 2.71. The summed E-state index contributed by atoms with van der Waals surface area (Å²) in [6.07, 6.45) is 0.954. The van der Waals surface area contributed by atoms with Crippen LogP contribution < -0.4 is 4.90 Å². The molecule has 0 saturated carbocycles. The first-order chi connectivity index (χ1) is 13.1. The van der Waals surface area contributed by atoms with E-state index < -0.39 is 6.10 Å². The molecule has 0 spiro atoms. The zero-order valence-corrected chi connectivity index (χ0v) is 16.3. The van der Waals surface area contributed by atoms with E-state index in [1.807, 2.05) is 72.5 Å². The number of β-amino-alcohol motifs (C(OH)–C–C–N with tert-alkyl or cyclic N) is 1. The van der Waals surface area contributed by atoms with E-state index in [2.05, 4.69) is 11.8 Å². The van der Waals surface area contributed by atoms with Crippen molar-refractivity contribution in [3.8, 4) is 0 Å². The van der Waals surface area contributed by atoms with Gasteiger partial charge in [-0.1, -0.05) is 62.4 Å². The van der Waals surface area contributed by atoms with Gasteiger partial charge in [-0.2, -0.15) is 0 Å². The minimum Gasteiger partial charge on any atom is -0.387 e. The lowest BCUT2D eigenvalue weighted by atomic mass is 9.83. The Morgan fingerprint density at radius 2 is 1.78 bits per heavy atom. The van der Waals surface area contributed by atoms with Gasteiger partial charge in [0.2, 0.25) is 5.91 Å². The molecule has 3 unspecified atom stereocenters. The highest BCUT2D eigenvalue weighted by atomic mass is 16.3. The van der Waals surface area contributed by atoms with Gasteiger partial charge < -0.3 is 10.0 Å². The van der Waals surface area contributed by atoms with E-state index in [4.69, 9.17) is 0 Å². The Hall–Kier alpha value is -2.17. The number of anilines is 1. The van der Waals surface area contributed by atoms with E-state index in [9.17, 15) is 9.90 Å². The fraction of sp³-hybridized carbons (Fsp3) is 0.435. The van der Waals surface area contributed by atoms with Crippen LogP contribution in [0.15, 0.2) is 60.7 Å². The van der Waals surface area contributed by atoms with Gasteiger partial charge in [-0.05, 0) is 30.0 Å². The van der Waals surface area contributed by atoms with Crippen molar-refractivity contribution in [3.63, 3.8) is 0 Å². The second-order valence-corrected chi connectivity index (χ2v) is 7.47. The van der Waals surface area contributed by atoms with E-state index in [0.717, 1.165) is 30.8 Å². The third-order valence-electron chi connectivity index (χ3n) is 5.50. The second-order valence-electron chi connectivity index (χ2n) is 7.47. The highest BCUT2D eigenvalue weighted by Crippen LogP contribution is 2.29. The molecule has 0 aliphatic carbocycles. The Kier molecular flexibility index (Phi) is 6.64. The molecular weight excluding hydrogens is 335 g/mol. The molecule has 3 atom stereocenters. The van der Waals surface area contributed by atoms with Crippen molar-refractivity contribution in [1.29, 1.82) is 0 Å². The molecule has 1 N–H and O–H groups in total. The maximum absolute atomic E-state index is 12.7. The molecule has 1 aliphatic heterocycles. The number of hydrogen-bond acceptors (Lipinski definition) is 3. The van der Waals surface area contributed by atoms with Crippen molar-refractivity contribution in [2.75, 3.05) is 24.5 Å². The molecular formula is C23H30N2O2. The molecule has 4 nitrogen and oxygen atoms in total. The molecule has 2 aromatic rings. The van der Waals surface area contributed by atoms with Crippen LogP contribution in [0.5, 0.6) is 0 Å². The molecule has 1 heterocycles. The number of rotatable bonds is 6. The minimum atomic E-state index is -0.475. The molecule has 27 heavy (non-hydrogen) atoms. The Balaban J connectivity index is 1.67. The maximum atomic E-state index is 12.7. The van der Waals surface area contributed by atoms with Crippen LogP contribution in [-0.4, -0.2) is 41.6 Å². The summed E-state index contributed by atoms with van der Waals surface area (Å²) in [7, 11) is 0. The van der Waals surface area contributed by atoms with Crippen molar-refractivity contribution in [1.82, 2.24) is 4.90 Å². The lowest BCUT2D eigenvalue weighted by molar-refractivity contribution is -0.119. The van der Waals surface area contributed by atoms with Crippen molar-refractivity contribution in [2.24, 2.45) is 5.92 Å². The predicted molar refractivity (Wildman–Crippen MR) is 110 cm³/mol. The number of piperidine rings is 1. The van der Waals surface area contributed by atoms with Crippen LogP contribution in [0.4, 0.5) is 5.69 Å². The topological polar surface area (TPSA) is 43.8 Å². The largest absolute Gasteiger partial charge is 0.387 e. The predicted octanol–water partition coefficient (Wildman–Crippen LogP) is 3.87. The average molecular weight is 366 g/mol. The first-order valence-electron chi connectivity index (χ1n) is 9.92. The van der Waals surface area contributed by atoms with E-state index in [0.29, 0.717) is 18.9 Å². The molecule has 2 aromatic carbocycles. The summed E-state index contributed by atoms with van der Waals surface area (Å²) >= 11 is 0. The minimum absolute atomic E-state index is 0.177. The van der Waals surface area contributed by atoms with Crippen LogP contribution in [0.3, 0.4) is 0 Å². The number of amides is 1. The van der Waals surface area contributed by atoms with Crippen LogP contribution in [0, 0.1) is 5.92 Å². The highest BCUT2D eigenvalue weighted by Gasteiger charge is 2.34. The van der Waals surface area contributed by atoms with E-state index >= 15 is 0 Å². The first kappa shape index (κ1) is 19.6. The summed E-state index contributed by atoms with van der Waals surface area (Å²) in [6, 6.07) is 20.0. The van der Waals surface area contributed by atoms with Gasteiger partial charge in [-0.25, -0.2) is 0 Å². The number of aliphatic hydroxyl groups excluding tert-OH is 1. The molecule has 1 fully saturated rings. The molecule has 3 rings (SSSR count). The smallest absolute Gasteiger partial charge is 0.226 e. The van der Waals surface area contributed by atoms with Crippen molar-refractivity contribution in [3.05, 3.63) is 66.2 Å². The fourth-order valence-electron chi connectivity index (χ4n) is 4.07. The van der Waals surface area contributed by atoms with Crippen LogP contribution in [-0.2, 0) is 4.79 Å². The van der Waals surface area contributed by atoms with Gasteiger partial charge in [0.15, 0.2) is 0 Å². The molecule has 4 heteroatoms. The lowest BCUT2D eigenvalue weighted by Gasteiger charge is -2.43. The molecule has 1 amide bonds.